The largest absolute Gasteiger partial charge is 0.416 e. The van der Waals surface area contributed by atoms with Crippen molar-refractivity contribution >= 4 is 23.7 Å². The van der Waals surface area contributed by atoms with E-state index in [1.807, 2.05) is 0 Å². The second-order valence-corrected chi connectivity index (χ2v) is 5.87. The first-order valence-corrected chi connectivity index (χ1v) is 8.10. The van der Waals surface area contributed by atoms with Crippen LogP contribution in [0, 0.1) is 0 Å². The van der Waals surface area contributed by atoms with Gasteiger partial charge in [-0.05, 0) is 29.8 Å². The van der Waals surface area contributed by atoms with Gasteiger partial charge in [0, 0.05) is 11.8 Å². The number of amides is 2. The van der Waals surface area contributed by atoms with E-state index in [2.05, 4.69) is 4.99 Å². The number of benzene rings is 2. The van der Waals surface area contributed by atoms with Crippen molar-refractivity contribution in [1.29, 1.82) is 0 Å². The third-order valence-corrected chi connectivity index (χ3v) is 4.13. The molecule has 2 amide bonds. The molecule has 0 unspecified atom stereocenters. The first kappa shape index (κ1) is 18.8. The number of aliphatic imine (C=N–C) groups is 1. The maximum atomic E-state index is 13.0. The van der Waals surface area contributed by atoms with Gasteiger partial charge in [0.1, 0.15) is 0 Å². The third-order valence-electron chi connectivity index (χ3n) is 4.13. The molecule has 0 aromatic heterocycles. The predicted octanol–water partition coefficient (Wildman–Crippen LogP) is 3.04. The van der Waals surface area contributed by atoms with Gasteiger partial charge in [0.05, 0.1) is 30.3 Å². The van der Waals surface area contributed by atoms with Gasteiger partial charge in [0.15, 0.2) is 0 Å². The highest BCUT2D eigenvalue weighted by Gasteiger charge is 2.39. The summed E-state index contributed by atoms with van der Waals surface area (Å²) in [5, 5.41) is 8.87. The number of hydrogen-bond donors (Lipinski definition) is 1. The molecule has 0 bridgehead atoms. The molecule has 1 atom stereocenters. The fourth-order valence-corrected chi connectivity index (χ4v) is 2.90. The number of alkyl halides is 3. The average Bonchev–Trinajstić information content (AvgIpc) is 2.64. The standard InChI is InChI=1S/C19H15F3N2O3/c20-19(21,22)12-4-3-5-13(10-12)24-17(26)15-7-2-1-6-14(15)16(18(24)27)11-23-8-9-25/h1-7,10-11,16,25H,8-9H2/t16-/m1/s1. The van der Waals surface area contributed by atoms with Gasteiger partial charge in [-0.2, -0.15) is 13.2 Å². The monoisotopic (exact) mass is 376 g/mol. The van der Waals surface area contributed by atoms with Gasteiger partial charge in [-0.3, -0.25) is 14.6 Å². The van der Waals surface area contributed by atoms with E-state index in [1.54, 1.807) is 18.2 Å². The van der Waals surface area contributed by atoms with Gasteiger partial charge in [-0.1, -0.05) is 24.3 Å². The van der Waals surface area contributed by atoms with E-state index in [4.69, 9.17) is 5.11 Å². The lowest BCUT2D eigenvalue weighted by atomic mass is 9.88. The summed E-state index contributed by atoms with van der Waals surface area (Å²) in [7, 11) is 0. The van der Waals surface area contributed by atoms with Crippen LogP contribution in [-0.2, 0) is 11.0 Å². The summed E-state index contributed by atoms with van der Waals surface area (Å²) >= 11 is 0. The minimum atomic E-state index is -4.60. The summed E-state index contributed by atoms with van der Waals surface area (Å²) in [5.74, 6) is -2.32. The molecule has 0 saturated heterocycles. The molecule has 1 N–H and O–H groups in total. The second kappa shape index (κ2) is 7.32. The van der Waals surface area contributed by atoms with Gasteiger partial charge < -0.3 is 5.11 Å². The van der Waals surface area contributed by atoms with Crippen LogP contribution in [0.4, 0.5) is 18.9 Å². The summed E-state index contributed by atoms with van der Waals surface area (Å²) in [6.07, 6.45) is -3.29. The van der Waals surface area contributed by atoms with E-state index >= 15 is 0 Å². The lowest BCUT2D eigenvalue weighted by molar-refractivity contribution is -0.137. The zero-order valence-electron chi connectivity index (χ0n) is 14.0. The molecule has 1 aliphatic heterocycles. The quantitative estimate of drug-likeness (QED) is 0.659. The van der Waals surface area contributed by atoms with Crippen LogP contribution < -0.4 is 4.90 Å². The summed E-state index contributed by atoms with van der Waals surface area (Å²) in [4.78, 5) is 30.4. The van der Waals surface area contributed by atoms with Crippen molar-refractivity contribution in [2.45, 2.75) is 12.1 Å². The first-order chi connectivity index (χ1) is 12.8. The summed E-state index contributed by atoms with van der Waals surface area (Å²) in [6, 6.07) is 10.4. The van der Waals surface area contributed by atoms with Crippen molar-refractivity contribution in [3.05, 3.63) is 65.2 Å². The number of nitrogens with zero attached hydrogens (tertiary/aromatic N) is 2. The van der Waals surface area contributed by atoms with Crippen LogP contribution in [-0.4, -0.2) is 36.3 Å². The van der Waals surface area contributed by atoms with E-state index in [0.717, 1.165) is 23.1 Å². The Morgan fingerprint density at radius 2 is 1.85 bits per heavy atom. The number of aliphatic hydroxyl groups excluding tert-OH is 1. The molecule has 0 saturated carbocycles. The molecule has 140 valence electrons. The number of imide groups is 1. The first-order valence-electron chi connectivity index (χ1n) is 8.10. The number of carbonyl (C=O) groups is 2. The SMILES string of the molecule is O=C1c2ccccc2[C@@H](C=NCCO)C(=O)N1c1cccc(C(F)(F)F)c1. The van der Waals surface area contributed by atoms with Crippen molar-refractivity contribution in [2.75, 3.05) is 18.1 Å². The number of hydrogen-bond acceptors (Lipinski definition) is 4. The lowest BCUT2D eigenvalue weighted by Crippen LogP contribution is -2.45. The lowest BCUT2D eigenvalue weighted by Gasteiger charge is -2.31. The van der Waals surface area contributed by atoms with Crippen LogP contribution >= 0.6 is 0 Å². The number of anilines is 1. The Labute approximate surface area is 152 Å². The number of rotatable bonds is 4. The highest BCUT2D eigenvalue weighted by molar-refractivity contribution is 6.29. The maximum Gasteiger partial charge on any atom is 0.416 e. The molecule has 0 spiro atoms. The molecule has 1 aliphatic rings. The summed E-state index contributed by atoms with van der Waals surface area (Å²) in [6.45, 7) is -0.140. The number of carbonyl (C=O) groups excluding carboxylic acids is 2. The Morgan fingerprint density at radius 3 is 2.56 bits per heavy atom. The predicted molar refractivity (Wildman–Crippen MR) is 92.9 cm³/mol. The normalized spacial score (nSPS) is 17.5. The fourth-order valence-electron chi connectivity index (χ4n) is 2.90. The van der Waals surface area contributed by atoms with E-state index in [1.165, 1.54) is 18.3 Å². The van der Waals surface area contributed by atoms with Gasteiger partial charge in [0.25, 0.3) is 5.91 Å². The van der Waals surface area contributed by atoms with Gasteiger partial charge in [0.2, 0.25) is 5.91 Å². The smallest absolute Gasteiger partial charge is 0.394 e. The van der Waals surface area contributed by atoms with Gasteiger partial charge >= 0.3 is 6.18 Å². The minimum absolute atomic E-state index is 0.0729. The molecule has 5 nitrogen and oxygen atoms in total. The molecular formula is C19H15F3N2O3. The molecule has 0 fully saturated rings. The molecule has 3 rings (SSSR count). The van der Waals surface area contributed by atoms with Crippen LogP contribution in [0.1, 0.15) is 27.4 Å². The zero-order valence-corrected chi connectivity index (χ0v) is 14.0. The van der Waals surface area contributed by atoms with Crippen LogP contribution in [0.2, 0.25) is 0 Å². The van der Waals surface area contributed by atoms with Crippen molar-refractivity contribution in [3.63, 3.8) is 0 Å². The number of halogens is 3. The minimum Gasteiger partial charge on any atom is -0.394 e. The van der Waals surface area contributed by atoms with Crippen molar-refractivity contribution in [2.24, 2.45) is 4.99 Å². The van der Waals surface area contributed by atoms with Gasteiger partial charge in [-0.25, -0.2) is 4.90 Å². The van der Waals surface area contributed by atoms with Crippen molar-refractivity contribution in [1.82, 2.24) is 0 Å². The van der Waals surface area contributed by atoms with Crippen LogP contribution in [0.5, 0.6) is 0 Å². The molecule has 2 aromatic rings. The second-order valence-electron chi connectivity index (χ2n) is 5.87. The van der Waals surface area contributed by atoms with E-state index in [-0.39, 0.29) is 24.4 Å². The molecule has 0 radical (unpaired) electrons. The Balaban J connectivity index is 2.09. The summed E-state index contributed by atoms with van der Waals surface area (Å²) < 4.78 is 39.1. The Morgan fingerprint density at radius 1 is 1.11 bits per heavy atom. The average molecular weight is 376 g/mol. The van der Waals surface area contributed by atoms with Crippen molar-refractivity contribution in [3.8, 4) is 0 Å². The van der Waals surface area contributed by atoms with Gasteiger partial charge in [-0.15, -0.1) is 0 Å². The third kappa shape index (κ3) is 3.61. The highest BCUT2D eigenvalue weighted by atomic mass is 19.4. The fraction of sp³-hybridized carbons (Fsp3) is 0.211. The Bertz CT molecular complexity index is 909. The van der Waals surface area contributed by atoms with Crippen LogP contribution in [0.25, 0.3) is 0 Å². The summed E-state index contributed by atoms with van der Waals surface area (Å²) in [5.41, 5.74) is -0.466. The van der Waals surface area contributed by atoms with E-state index in [0.29, 0.717) is 5.56 Å². The molecule has 1 heterocycles. The zero-order chi connectivity index (χ0) is 19.6. The Hall–Kier alpha value is -3.00. The topological polar surface area (TPSA) is 70.0 Å². The van der Waals surface area contributed by atoms with Crippen molar-refractivity contribution < 1.29 is 27.9 Å². The molecule has 2 aromatic carbocycles. The maximum absolute atomic E-state index is 13.0. The molecule has 0 aliphatic carbocycles. The van der Waals surface area contributed by atoms with Crippen LogP contribution in [0.3, 0.4) is 0 Å². The molecule has 27 heavy (non-hydrogen) atoms. The Kier molecular flexibility index (Phi) is 5.09. The van der Waals surface area contributed by atoms with E-state index in [9.17, 15) is 22.8 Å². The highest BCUT2D eigenvalue weighted by Crippen LogP contribution is 2.35. The van der Waals surface area contributed by atoms with Crippen LogP contribution in [0.15, 0.2) is 53.5 Å². The molecular weight excluding hydrogens is 361 g/mol. The molecule has 8 heteroatoms. The number of aliphatic hydroxyl groups is 1. The van der Waals surface area contributed by atoms with E-state index < -0.39 is 29.5 Å². The number of fused-ring (bicyclic) bond motifs is 1.